The number of nitrogens with one attached hydrogen (secondary N) is 2. The predicted molar refractivity (Wildman–Crippen MR) is 98.7 cm³/mol. The number of carbonyl (C=O) groups is 2. The third-order valence-electron chi connectivity index (χ3n) is 3.90. The number of carbonyl (C=O) groups excluding carboxylic acids is 2. The molecule has 0 saturated heterocycles. The maximum absolute atomic E-state index is 12.0. The molecule has 0 spiro atoms. The lowest BCUT2D eigenvalue weighted by molar-refractivity contribution is -0.117. The van der Waals surface area contributed by atoms with Gasteiger partial charge in [-0.25, -0.2) is 4.79 Å². The van der Waals surface area contributed by atoms with Crippen molar-refractivity contribution < 1.29 is 9.59 Å². The third kappa shape index (κ3) is 4.81. The van der Waals surface area contributed by atoms with E-state index in [0.717, 1.165) is 37.1 Å². The zero-order valence-corrected chi connectivity index (χ0v) is 15.5. The van der Waals surface area contributed by atoms with Crippen LogP contribution in [0.2, 0.25) is 0 Å². The van der Waals surface area contributed by atoms with Gasteiger partial charge in [0, 0.05) is 30.5 Å². The molecular formula is C17H22N6O2S. The molecule has 0 atom stereocenters. The Balaban J connectivity index is 1.59. The molecule has 0 aliphatic heterocycles. The summed E-state index contributed by atoms with van der Waals surface area (Å²) in [5.74, 6) is 0.525. The van der Waals surface area contributed by atoms with Crippen LogP contribution in [0.4, 0.5) is 4.79 Å². The first-order valence-electron chi connectivity index (χ1n) is 8.74. The fourth-order valence-electron chi connectivity index (χ4n) is 2.44. The number of imide groups is 1. The third-order valence-corrected chi connectivity index (χ3v) is 4.84. The summed E-state index contributed by atoms with van der Waals surface area (Å²) in [6, 6.07) is 3.71. The molecule has 0 radical (unpaired) electrons. The van der Waals surface area contributed by atoms with E-state index in [9.17, 15) is 9.59 Å². The molecule has 1 saturated carbocycles. The summed E-state index contributed by atoms with van der Waals surface area (Å²) in [6.45, 7) is 2.60. The van der Waals surface area contributed by atoms with Crippen molar-refractivity contribution in [3.05, 3.63) is 24.5 Å². The Morgan fingerprint density at radius 2 is 2.19 bits per heavy atom. The molecule has 2 aromatic rings. The minimum absolute atomic E-state index is 0.110. The van der Waals surface area contributed by atoms with Crippen molar-refractivity contribution in [1.82, 2.24) is 30.4 Å². The molecule has 2 heterocycles. The summed E-state index contributed by atoms with van der Waals surface area (Å²) >= 11 is 1.29. The lowest BCUT2D eigenvalue weighted by Gasteiger charge is -2.09. The molecule has 1 fully saturated rings. The Labute approximate surface area is 156 Å². The van der Waals surface area contributed by atoms with Crippen LogP contribution in [0.1, 0.15) is 38.6 Å². The molecule has 26 heavy (non-hydrogen) atoms. The molecule has 2 N–H and O–H groups in total. The van der Waals surface area contributed by atoms with Crippen molar-refractivity contribution >= 4 is 23.7 Å². The first-order valence-corrected chi connectivity index (χ1v) is 9.73. The van der Waals surface area contributed by atoms with Crippen LogP contribution in [0.15, 0.2) is 29.7 Å². The number of pyridine rings is 1. The number of aromatic nitrogens is 4. The molecule has 0 aromatic carbocycles. The predicted octanol–water partition coefficient (Wildman–Crippen LogP) is 2.39. The molecule has 0 bridgehead atoms. The van der Waals surface area contributed by atoms with Crippen LogP contribution in [0.25, 0.3) is 11.4 Å². The molecule has 0 unspecified atom stereocenters. The Kier molecular flexibility index (Phi) is 6.21. The zero-order valence-electron chi connectivity index (χ0n) is 14.6. The number of thioether (sulfide) groups is 1. The van der Waals surface area contributed by atoms with E-state index < -0.39 is 6.03 Å². The molecule has 2 aromatic heterocycles. The van der Waals surface area contributed by atoms with E-state index in [1.807, 2.05) is 19.1 Å². The maximum Gasteiger partial charge on any atom is 0.321 e. The highest BCUT2D eigenvalue weighted by Crippen LogP contribution is 2.40. The van der Waals surface area contributed by atoms with Gasteiger partial charge in [-0.05, 0) is 31.4 Å². The van der Waals surface area contributed by atoms with Gasteiger partial charge in [0.05, 0.1) is 5.75 Å². The summed E-state index contributed by atoms with van der Waals surface area (Å²) in [4.78, 5) is 27.7. The monoisotopic (exact) mass is 374 g/mol. The van der Waals surface area contributed by atoms with E-state index in [-0.39, 0.29) is 11.7 Å². The average molecular weight is 374 g/mol. The quantitative estimate of drug-likeness (QED) is 0.543. The summed E-state index contributed by atoms with van der Waals surface area (Å²) in [5, 5.41) is 14.2. The van der Waals surface area contributed by atoms with E-state index in [2.05, 4.69) is 30.4 Å². The zero-order chi connectivity index (χ0) is 18.4. The van der Waals surface area contributed by atoms with Gasteiger partial charge in [-0.3, -0.25) is 19.7 Å². The number of nitrogens with zero attached hydrogens (tertiary/aromatic N) is 4. The molecule has 3 rings (SSSR count). The second-order valence-electron chi connectivity index (χ2n) is 6.10. The van der Waals surface area contributed by atoms with Crippen LogP contribution in [-0.2, 0) is 4.79 Å². The number of hydrogen-bond donors (Lipinski definition) is 2. The lowest BCUT2D eigenvalue weighted by atomic mass is 10.3. The van der Waals surface area contributed by atoms with E-state index in [0.29, 0.717) is 17.7 Å². The average Bonchev–Trinajstić information content (AvgIpc) is 3.40. The van der Waals surface area contributed by atoms with Crippen molar-refractivity contribution in [3.8, 4) is 11.4 Å². The summed E-state index contributed by atoms with van der Waals surface area (Å²) in [5.41, 5.74) is 0.901. The molecule has 3 amide bonds. The molecule has 8 nitrogen and oxygen atoms in total. The van der Waals surface area contributed by atoms with Crippen LogP contribution in [0.5, 0.6) is 0 Å². The van der Waals surface area contributed by atoms with Gasteiger partial charge in [-0.2, -0.15) is 0 Å². The number of unbranched alkanes of at least 4 members (excludes halogenated alkanes) is 1. The standard InChI is InChI=1S/C17H22N6O2S/c1-2-3-9-19-16(25)20-14(24)11-26-17-22-21-15(23(17)13-6-7-13)12-5-4-8-18-10-12/h4-5,8,10,13H,2-3,6-7,9,11H2,1H3,(H2,19,20,24,25). The van der Waals surface area contributed by atoms with Crippen molar-refractivity contribution in [3.63, 3.8) is 0 Å². The van der Waals surface area contributed by atoms with E-state index in [1.165, 1.54) is 11.8 Å². The van der Waals surface area contributed by atoms with Crippen molar-refractivity contribution in [2.24, 2.45) is 0 Å². The summed E-state index contributed by atoms with van der Waals surface area (Å²) in [6.07, 6.45) is 7.49. The molecule has 9 heteroatoms. The molecular weight excluding hydrogens is 352 g/mol. The minimum atomic E-state index is -0.455. The SMILES string of the molecule is CCCCNC(=O)NC(=O)CSc1nnc(-c2cccnc2)n1C1CC1. The number of rotatable bonds is 8. The van der Waals surface area contributed by atoms with Gasteiger partial charge in [-0.15, -0.1) is 10.2 Å². The molecule has 1 aliphatic carbocycles. The van der Waals surface area contributed by atoms with Gasteiger partial charge in [0.25, 0.3) is 0 Å². The van der Waals surface area contributed by atoms with Gasteiger partial charge in [0.1, 0.15) is 0 Å². The smallest absolute Gasteiger partial charge is 0.321 e. The highest BCUT2D eigenvalue weighted by Gasteiger charge is 2.30. The topological polar surface area (TPSA) is 102 Å². The van der Waals surface area contributed by atoms with Gasteiger partial charge < -0.3 is 5.32 Å². The van der Waals surface area contributed by atoms with Gasteiger partial charge in [0.2, 0.25) is 5.91 Å². The minimum Gasteiger partial charge on any atom is -0.338 e. The number of hydrogen-bond acceptors (Lipinski definition) is 6. The molecule has 138 valence electrons. The van der Waals surface area contributed by atoms with E-state index >= 15 is 0 Å². The molecule has 1 aliphatic rings. The van der Waals surface area contributed by atoms with Crippen LogP contribution in [-0.4, -0.2) is 44.0 Å². The van der Waals surface area contributed by atoms with E-state index in [4.69, 9.17) is 0 Å². The fraction of sp³-hybridized carbons (Fsp3) is 0.471. The van der Waals surface area contributed by atoms with Crippen molar-refractivity contribution in [2.45, 2.75) is 43.8 Å². The second-order valence-corrected chi connectivity index (χ2v) is 7.04. The summed E-state index contributed by atoms with van der Waals surface area (Å²) < 4.78 is 2.07. The van der Waals surface area contributed by atoms with Crippen LogP contribution < -0.4 is 10.6 Å². The lowest BCUT2D eigenvalue weighted by Crippen LogP contribution is -2.40. The number of urea groups is 1. The Morgan fingerprint density at radius 3 is 2.88 bits per heavy atom. The first-order chi connectivity index (χ1) is 12.7. The van der Waals surface area contributed by atoms with Crippen molar-refractivity contribution in [1.29, 1.82) is 0 Å². The Hall–Kier alpha value is -2.42. The fourth-order valence-corrected chi connectivity index (χ4v) is 3.25. The normalized spacial score (nSPS) is 13.4. The highest BCUT2D eigenvalue weighted by molar-refractivity contribution is 7.99. The van der Waals surface area contributed by atoms with Crippen LogP contribution in [0.3, 0.4) is 0 Å². The van der Waals surface area contributed by atoms with Gasteiger partial charge in [-0.1, -0.05) is 25.1 Å². The second kappa shape index (κ2) is 8.79. The van der Waals surface area contributed by atoms with Gasteiger partial charge in [0.15, 0.2) is 11.0 Å². The number of amides is 3. The Bertz CT molecular complexity index is 760. The highest BCUT2D eigenvalue weighted by atomic mass is 32.2. The van der Waals surface area contributed by atoms with Crippen molar-refractivity contribution in [2.75, 3.05) is 12.3 Å². The Morgan fingerprint density at radius 1 is 1.35 bits per heavy atom. The van der Waals surface area contributed by atoms with E-state index in [1.54, 1.807) is 12.4 Å². The van der Waals surface area contributed by atoms with Crippen LogP contribution >= 0.6 is 11.8 Å². The maximum atomic E-state index is 12.0. The summed E-state index contributed by atoms with van der Waals surface area (Å²) in [7, 11) is 0. The van der Waals surface area contributed by atoms with Crippen LogP contribution in [0, 0.1) is 0 Å². The first kappa shape index (κ1) is 18.4. The van der Waals surface area contributed by atoms with Gasteiger partial charge >= 0.3 is 6.03 Å². The largest absolute Gasteiger partial charge is 0.338 e.